The van der Waals surface area contributed by atoms with Gasteiger partial charge in [-0.3, -0.25) is 14.8 Å². The lowest BCUT2D eigenvalue weighted by Gasteiger charge is -2.17. The highest BCUT2D eigenvalue weighted by Gasteiger charge is 2.25. The number of pyridine rings is 2. The molecule has 0 aliphatic rings. The Labute approximate surface area is 376 Å². The Morgan fingerprint density at radius 1 is 0.698 bits per heavy atom. The highest BCUT2D eigenvalue weighted by atomic mass is 35.5. The van der Waals surface area contributed by atoms with Crippen LogP contribution in [0.2, 0.25) is 0 Å². The molecule has 4 aromatic heterocycles. The van der Waals surface area contributed by atoms with Crippen LogP contribution in [0, 0.1) is 13.8 Å². The van der Waals surface area contributed by atoms with Crippen LogP contribution in [0.5, 0.6) is 0 Å². The summed E-state index contributed by atoms with van der Waals surface area (Å²) >= 11 is 2.59. The van der Waals surface area contributed by atoms with E-state index < -0.39 is 42.2 Å². The minimum absolute atomic E-state index is 0. The number of carboxylic acids is 1. The average molecular weight is 923 g/mol. The van der Waals surface area contributed by atoms with Gasteiger partial charge < -0.3 is 45.7 Å². The molecular weight excluding hydrogens is 876 g/mol. The molecule has 2 aromatic carbocycles. The number of ether oxygens (including phenoxy) is 4. The minimum atomic E-state index is -1.08. The van der Waals surface area contributed by atoms with Crippen LogP contribution in [0.3, 0.4) is 0 Å². The SMILES string of the molecule is CCOC(=O)[C@@H](CNC(=O)c1cc2nccc(C)c2s1)NC(=O)OCc1ccccc1.COC(=O)[C@@H](CN)NC(=O)OCc1ccccc1.Cc1ccnc2cc(C(=O)O)sc12.Cl. The number of benzene rings is 2. The number of methoxy groups -OCH3 is 1. The van der Waals surface area contributed by atoms with Gasteiger partial charge in [-0.1, -0.05) is 60.7 Å². The molecule has 0 bridgehead atoms. The van der Waals surface area contributed by atoms with Crippen LogP contribution in [0.4, 0.5) is 9.59 Å². The Morgan fingerprint density at radius 2 is 1.17 bits per heavy atom. The van der Waals surface area contributed by atoms with Gasteiger partial charge in [0.05, 0.1) is 39.0 Å². The first-order chi connectivity index (χ1) is 29.8. The van der Waals surface area contributed by atoms with Crippen LogP contribution >= 0.6 is 35.1 Å². The van der Waals surface area contributed by atoms with Gasteiger partial charge in [0, 0.05) is 25.5 Å². The molecule has 63 heavy (non-hydrogen) atoms. The monoisotopic (exact) mass is 922 g/mol. The molecule has 3 amide bonds. The van der Waals surface area contributed by atoms with Crippen molar-refractivity contribution in [2.75, 3.05) is 26.8 Å². The van der Waals surface area contributed by atoms with Crippen molar-refractivity contribution in [1.82, 2.24) is 25.9 Å². The van der Waals surface area contributed by atoms with Crippen LogP contribution in [-0.4, -0.2) is 90.0 Å². The third kappa shape index (κ3) is 15.9. The van der Waals surface area contributed by atoms with Gasteiger partial charge in [0.15, 0.2) is 0 Å². The number of fused-ring (bicyclic) bond motifs is 2. The molecule has 0 fully saturated rings. The first kappa shape index (κ1) is 50.7. The quantitative estimate of drug-likeness (QED) is 0.0592. The molecule has 0 saturated carbocycles. The number of halogens is 1. The summed E-state index contributed by atoms with van der Waals surface area (Å²) in [7, 11) is 1.22. The van der Waals surface area contributed by atoms with Crippen LogP contribution in [0.25, 0.3) is 20.4 Å². The van der Waals surface area contributed by atoms with Gasteiger partial charge in [-0.25, -0.2) is 24.0 Å². The predicted molar refractivity (Wildman–Crippen MR) is 240 cm³/mol. The van der Waals surface area contributed by atoms with Crippen molar-refractivity contribution >= 4 is 91.5 Å². The average Bonchev–Trinajstić information content (AvgIpc) is 3.94. The van der Waals surface area contributed by atoms with Gasteiger partial charge in [-0.2, -0.15) is 0 Å². The van der Waals surface area contributed by atoms with Crippen molar-refractivity contribution < 1.29 is 52.8 Å². The first-order valence-corrected chi connectivity index (χ1v) is 20.6. The third-order valence-corrected chi connectivity index (χ3v) is 10.9. The molecule has 6 N–H and O–H groups in total. The standard InChI is InChI=1S/C22H23N3O5S.C12H16N2O4.C9H7NO2S.ClH/c1-3-29-21(27)17(25-22(28)30-13-15-7-5-4-6-8-15)12-24-20(26)18-11-16-19(31-18)14(2)9-10-23-16;1-17-11(15)10(7-13)14-12(16)18-8-9-5-3-2-4-6-9;1-5-2-3-10-6-4-7(9(11)12)13-8(5)6;/h4-11,17H,3,12-13H2,1-2H3,(H,24,26)(H,25,28);2-6,10H,7-8,13H2,1H3,(H,14,16);2-4H,1H3,(H,11,12);1H/t17-;10-;;/m11../s1. The van der Waals surface area contributed by atoms with E-state index in [1.165, 1.54) is 29.8 Å². The Bertz CT molecular complexity index is 2450. The molecule has 334 valence electrons. The minimum Gasteiger partial charge on any atom is -0.477 e. The number of hydrogen-bond acceptors (Lipinski definition) is 15. The van der Waals surface area contributed by atoms with E-state index in [1.807, 2.05) is 86.6 Å². The number of nitrogens with one attached hydrogen (secondary N) is 3. The number of esters is 2. The van der Waals surface area contributed by atoms with Crippen LogP contribution < -0.4 is 21.7 Å². The summed E-state index contributed by atoms with van der Waals surface area (Å²) in [5, 5.41) is 16.2. The predicted octanol–water partition coefficient (Wildman–Crippen LogP) is 6.33. The maximum absolute atomic E-state index is 12.6. The lowest BCUT2D eigenvalue weighted by Crippen LogP contribution is -2.49. The van der Waals surface area contributed by atoms with E-state index in [0.717, 1.165) is 42.7 Å². The van der Waals surface area contributed by atoms with E-state index in [1.54, 1.807) is 31.5 Å². The molecule has 2 atom stereocenters. The Kier molecular flexibility index (Phi) is 20.9. The molecule has 20 heteroatoms. The summed E-state index contributed by atoms with van der Waals surface area (Å²) in [4.78, 5) is 79.4. The summed E-state index contributed by atoms with van der Waals surface area (Å²) in [5.41, 5.74) is 10.6. The molecule has 0 aliphatic heterocycles. The second kappa shape index (κ2) is 26.0. The van der Waals surface area contributed by atoms with Crippen LogP contribution in [0.1, 0.15) is 48.5 Å². The number of aromatic nitrogens is 2. The normalized spacial score (nSPS) is 11.1. The third-order valence-electron chi connectivity index (χ3n) is 8.42. The van der Waals surface area contributed by atoms with E-state index in [-0.39, 0.29) is 51.2 Å². The molecule has 6 aromatic rings. The van der Waals surface area contributed by atoms with Gasteiger partial charge in [0.1, 0.15) is 30.2 Å². The number of carbonyl (C=O) groups excluding carboxylic acids is 5. The largest absolute Gasteiger partial charge is 0.477 e. The van der Waals surface area contributed by atoms with Gasteiger partial charge >= 0.3 is 30.1 Å². The van der Waals surface area contributed by atoms with Gasteiger partial charge in [0.2, 0.25) is 0 Å². The maximum atomic E-state index is 12.6. The van der Waals surface area contributed by atoms with Crippen molar-refractivity contribution in [2.45, 2.75) is 46.1 Å². The van der Waals surface area contributed by atoms with Gasteiger partial charge in [-0.05, 0) is 67.3 Å². The summed E-state index contributed by atoms with van der Waals surface area (Å²) in [5.74, 6) is -2.51. The van der Waals surface area contributed by atoms with Gasteiger partial charge in [-0.15, -0.1) is 35.1 Å². The summed E-state index contributed by atoms with van der Waals surface area (Å²) in [6.07, 6.45) is 1.89. The highest BCUT2D eigenvalue weighted by Crippen LogP contribution is 2.27. The lowest BCUT2D eigenvalue weighted by atomic mass is 10.2. The number of aryl methyl sites for hydroxylation is 2. The number of nitrogens with zero attached hydrogens (tertiary/aromatic N) is 2. The number of rotatable bonds is 14. The van der Waals surface area contributed by atoms with Crippen molar-refractivity contribution in [3.63, 3.8) is 0 Å². The zero-order valence-corrected chi connectivity index (χ0v) is 37.1. The molecule has 0 spiro atoms. The number of carbonyl (C=O) groups is 6. The first-order valence-electron chi connectivity index (χ1n) is 18.9. The number of hydrogen-bond donors (Lipinski definition) is 5. The smallest absolute Gasteiger partial charge is 0.408 e. The topological polar surface area (TPSA) is 247 Å². The number of amides is 3. The molecule has 0 radical (unpaired) electrons. The number of alkyl carbamates (subject to hydrolysis) is 2. The lowest BCUT2D eigenvalue weighted by molar-refractivity contribution is -0.145. The van der Waals surface area contributed by atoms with E-state index >= 15 is 0 Å². The molecule has 0 unspecified atom stereocenters. The van der Waals surface area contributed by atoms with Crippen LogP contribution in [-0.2, 0) is 41.8 Å². The van der Waals surface area contributed by atoms with Crippen molar-refractivity contribution in [3.8, 4) is 0 Å². The number of nitrogens with two attached hydrogens (primary N) is 1. The van der Waals surface area contributed by atoms with Crippen molar-refractivity contribution in [3.05, 3.63) is 129 Å². The van der Waals surface area contributed by atoms with Gasteiger partial charge in [0.25, 0.3) is 5.91 Å². The highest BCUT2D eigenvalue weighted by molar-refractivity contribution is 7.21. The number of carboxylic acid groups (broad SMARTS) is 1. The Hall–Kier alpha value is -6.67. The molecular formula is C43H47ClN6O11S2. The number of aromatic carboxylic acids is 1. The molecule has 4 heterocycles. The van der Waals surface area contributed by atoms with E-state index in [0.29, 0.717) is 9.75 Å². The molecule has 0 aliphatic carbocycles. The fraction of sp³-hybridized carbons (Fsp3) is 0.256. The molecule has 6 rings (SSSR count). The Morgan fingerprint density at radius 3 is 1.62 bits per heavy atom. The van der Waals surface area contributed by atoms with Crippen molar-refractivity contribution in [2.24, 2.45) is 5.73 Å². The fourth-order valence-corrected chi connectivity index (χ4v) is 7.16. The summed E-state index contributed by atoms with van der Waals surface area (Å²) in [6, 6.07) is 23.4. The molecule has 0 saturated heterocycles. The zero-order chi connectivity index (χ0) is 45.0. The van der Waals surface area contributed by atoms with E-state index in [2.05, 4.69) is 30.7 Å². The summed E-state index contributed by atoms with van der Waals surface area (Å²) in [6.45, 7) is 5.70. The second-order valence-electron chi connectivity index (χ2n) is 12.9. The summed E-state index contributed by atoms with van der Waals surface area (Å²) < 4.78 is 21.5. The van der Waals surface area contributed by atoms with E-state index in [4.69, 9.17) is 25.1 Å². The van der Waals surface area contributed by atoms with Crippen LogP contribution in [0.15, 0.2) is 97.3 Å². The number of thiophene rings is 2. The zero-order valence-electron chi connectivity index (χ0n) is 34.7. The Balaban J connectivity index is 0.000000278. The maximum Gasteiger partial charge on any atom is 0.408 e. The fourth-order valence-electron chi connectivity index (χ4n) is 5.24. The van der Waals surface area contributed by atoms with E-state index in [9.17, 15) is 28.8 Å². The molecule has 17 nitrogen and oxygen atoms in total. The second-order valence-corrected chi connectivity index (χ2v) is 15.1. The van der Waals surface area contributed by atoms with Crippen molar-refractivity contribution in [1.29, 1.82) is 0 Å².